The quantitative estimate of drug-likeness (QED) is 0.224. The third kappa shape index (κ3) is 6.53. The van der Waals surface area contributed by atoms with Crippen LogP contribution in [0.2, 0.25) is 0 Å². The lowest BCUT2D eigenvalue weighted by Crippen LogP contribution is -2.51. The lowest BCUT2D eigenvalue weighted by Gasteiger charge is -2.28. The Hall–Kier alpha value is -2.38. The number of hydrogen-bond donors (Lipinski definition) is 2. The van der Waals surface area contributed by atoms with Crippen LogP contribution in [0, 0.1) is 0 Å². The maximum absolute atomic E-state index is 11.1. The van der Waals surface area contributed by atoms with E-state index in [1.165, 1.54) is 19.9 Å². The van der Waals surface area contributed by atoms with E-state index in [1.807, 2.05) is 0 Å². The van der Waals surface area contributed by atoms with Gasteiger partial charge in [0.1, 0.15) is 6.04 Å². The van der Waals surface area contributed by atoms with Crippen LogP contribution in [0.25, 0.3) is 0 Å². The first-order valence-electron chi connectivity index (χ1n) is 5.73. The van der Waals surface area contributed by atoms with E-state index in [9.17, 15) is 14.4 Å². The van der Waals surface area contributed by atoms with E-state index in [4.69, 9.17) is 14.7 Å². The summed E-state index contributed by atoms with van der Waals surface area (Å²) in [7, 11) is 0. The minimum Gasteiger partial charge on any atom is -0.456 e. The van der Waals surface area contributed by atoms with Crippen molar-refractivity contribution in [1.29, 1.82) is 0 Å². The zero-order valence-corrected chi connectivity index (χ0v) is 11.5. The van der Waals surface area contributed by atoms with Gasteiger partial charge < -0.3 is 20.0 Å². The van der Waals surface area contributed by atoms with Gasteiger partial charge >= 0.3 is 11.9 Å². The Kier molecular flexibility index (Phi) is 7.64. The fourth-order valence-electron chi connectivity index (χ4n) is 1.49. The number of nitrogens with one attached hydrogen (secondary N) is 1. The minimum atomic E-state index is -1.10. The van der Waals surface area contributed by atoms with Crippen LogP contribution < -0.4 is 5.32 Å². The van der Waals surface area contributed by atoms with Crippen LogP contribution in [-0.4, -0.2) is 47.5 Å². The second-order valence-electron chi connectivity index (χ2n) is 3.87. The third-order valence-electron chi connectivity index (χ3n) is 2.11. The van der Waals surface area contributed by atoms with Gasteiger partial charge in [0, 0.05) is 20.8 Å². The molecular formula is C12H18N2O6. The maximum Gasteiger partial charge on any atom is 0.303 e. The van der Waals surface area contributed by atoms with Gasteiger partial charge in [-0.3, -0.25) is 14.4 Å². The molecule has 0 unspecified atom stereocenters. The van der Waals surface area contributed by atoms with Crippen LogP contribution in [-0.2, 0) is 23.9 Å². The molecule has 0 fully saturated rings. The average molecular weight is 286 g/mol. The Labute approximate surface area is 116 Å². The summed E-state index contributed by atoms with van der Waals surface area (Å²) in [6.45, 7) is 7.04. The van der Waals surface area contributed by atoms with Gasteiger partial charge in [-0.05, 0) is 6.08 Å². The molecule has 0 aliphatic carbocycles. The van der Waals surface area contributed by atoms with Gasteiger partial charge in [0.15, 0.2) is 12.2 Å². The summed E-state index contributed by atoms with van der Waals surface area (Å²) in [6.07, 6.45) is 0.0873. The largest absolute Gasteiger partial charge is 0.456 e. The molecule has 8 nitrogen and oxygen atoms in total. The van der Waals surface area contributed by atoms with E-state index in [2.05, 4.69) is 17.1 Å². The van der Waals surface area contributed by atoms with Gasteiger partial charge in [0.25, 0.3) is 0 Å². The Morgan fingerprint density at radius 3 is 2.10 bits per heavy atom. The molecule has 0 aliphatic rings. The first-order valence-corrected chi connectivity index (χ1v) is 5.73. The predicted octanol–water partition coefficient (Wildman–Crippen LogP) is 0.000500. The Balaban J connectivity index is 5.32. The van der Waals surface area contributed by atoms with Crippen LogP contribution in [0.5, 0.6) is 0 Å². The molecule has 0 radical (unpaired) electrons. The molecule has 0 aromatic heterocycles. The molecule has 0 rings (SSSR count). The molecule has 8 heteroatoms. The second-order valence-corrected chi connectivity index (χ2v) is 3.87. The van der Waals surface area contributed by atoms with Gasteiger partial charge in [-0.25, -0.2) is 0 Å². The van der Waals surface area contributed by atoms with E-state index in [1.54, 1.807) is 0 Å². The number of carbonyl (C=O) groups is 3. The highest BCUT2D eigenvalue weighted by atomic mass is 16.6. The van der Waals surface area contributed by atoms with Gasteiger partial charge in [-0.1, -0.05) is 11.7 Å². The number of rotatable bonds is 7. The molecule has 0 saturated carbocycles. The van der Waals surface area contributed by atoms with Gasteiger partial charge in [0.2, 0.25) is 5.91 Å². The molecule has 20 heavy (non-hydrogen) atoms. The monoisotopic (exact) mass is 286 g/mol. The Bertz CT molecular complexity index is 407. The standard InChI is InChI=1S/C12H18N2O6/c1-5-11(19-8(3)16)12(20-9(4)17)10(6-13-18)14-7(2)15/h5-6,10-12,18H,1H2,2-4H3,(H,14,15)/b13-6-/t10-,11+,12+/m0/s1. The number of amides is 1. The molecule has 0 aliphatic heterocycles. The number of carbonyl (C=O) groups excluding carboxylic acids is 3. The highest BCUT2D eigenvalue weighted by Crippen LogP contribution is 2.11. The molecule has 0 bridgehead atoms. The summed E-state index contributed by atoms with van der Waals surface area (Å²) in [4.78, 5) is 33.3. The maximum atomic E-state index is 11.1. The highest BCUT2D eigenvalue weighted by Gasteiger charge is 2.33. The van der Waals surface area contributed by atoms with Gasteiger partial charge in [0.05, 0.1) is 6.21 Å². The molecule has 0 heterocycles. The zero-order valence-electron chi connectivity index (χ0n) is 11.5. The number of esters is 2. The average Bonchev–Trinajstić information content (AvgIpc) is 2.31. The lowest BCUT2D eigenvalue weighted by atomic mass is 10.1. The Morgan fingerprint density at radius 1 is 1.20 bits per heavy atom. The van der Waals surface area contributed by atoms with Crippen LogP contribution >= 0.6 is 0 Å². The van der Waals surface area contributed by atoms with E-state index in [0.29, 0.717) is 0 Å². The van der Waals surface area contributed by atoms with Gasteiger partial charge in [-0.15, -0.1) is 0 Å². The Morgan fingerprint density at radius 2 is 1.75 bits per heavy atom. The molecule has 3 atom stereocenters. The van der Waals surface area contributed by atoms with Crippen LogP contribution in [0.4, 0.5) is 0 Å². The van der Waals surface area contributed by atoms with E-state index < -0.39 is 36.1 Å². The van der Waals surface area contributed by atoms with Crippen molar-refractivity contribution in [3.05, 3.63) is 12.7 Å². The summed E-state index contributed by atoms with van der Waals surface area (Å²) in [5.74, 6) is -1.72. The second kappa shape index (κ2) is 8.68. The van der Waals surface area contributed by atoms with Crippen LogP contribution in [0.15, 0.2) is 17.8 Å². The minimum absolute atomic E-state index is 0.447. The van der Waals surface area contributed by atoms with Crippen LogP contribution in [0.3, 0.4) is 0 Å². The lowest BCUT2D eigenvalue weighted by molar-refractivity contribution is -0.162. The van der Waals surface area contributed by atoms with Crippen molar-refractivity contribution in [2.45, 2.75) is 39.0 Å². The summed E-state index contributed by atoms with van der Waals surface area (Å²) in [6, 6.07) is -0.983. The highest BCUT2D eigenvalue weighted by molar-refractivity contribution is 5.79. The number of nitrogens with zero attached hydrogens (tertiary/aromatic N) is 1. The first-order chi connectivity index (χ1) is 9.31. The molecule has 0 spiro atoms. The van der Waals surface area contributed by atoms with E-state index >= 15 is 0 Å². The van der Waals surface area contributed by atoms with Crippen LogP contribution in [0.1, 0.15) is 20.8 Å². The number of ether oxygens (including phenoxy) is 2. The number of oxime groups is 1. The number of hydrogen-bond acceptors (Lipinski definition) is 7. The first kappa shape index (κ1) is 17.6. The fourth-order valence-corrected chi connectivity index (χ4v) is 1.49. The summed E-state index contributed by atoms with van der Waals surface area (Å²) in [5.41, 5.74) is 0. The molecule has 112 valence electrons. The van der Waals surface area contributed by atoms with E-state index in [-0.39, 0.29) is 0 Å². The predicted molar refractivity (Wildman–Crippen MR) is 69.2 cm³/mol. The van der Waals surface area contributed by atoms with Crippen molar-refractivity contribution in [3.63, 3.8) is 0 Å². The smallest absolute Gasteiger partial charge is 0.303 e. The molecule has 0 aromatic rings. The molecule has 2 N–H and O–H groups in total. The summed E-state index contributed by atoms with van der Waals surface area (Å²) in [5, 5.41) is 13.8. The van der Waals surface area contributed by atoms with Crippen molar-refractivity contribution in [2.24, 2.45) is 5.16 Å². The summed E-state index contributed by atoms with van der Waals surface area (Å²) >= 11 is 0. The fraction of sp³-hybridized carbons (Fsp3) is 0.500. The SMILES string of the molecule is C=C[C@@H](OC(C)=O)[C@H](OC(C)=O)[C@H](/C=N\O)NC(C)=O. The topological polar surface area (TPSA) is 114 Å². The molecular weight excluding hydrogens is 268 g/mol. The van der Waals surface area contributed by atoms with Crippen molar-refractivity contribution in [2.75, 3.05) is 0 Å². The normalized spacial score (nSPS) is 14.9. The molecule has 0 saturated heterocycles. The molecule has 1 amide bonds. The zero-order chi connectivity index (χ0) is 15.7. The van der Waals surface area contributed by atoms with E-state index in [0.717, 1.165) is 13.1 Å². The third-order valence-corrected chi connectivity index (χ3v) is 2.11. The molecule has 0 aromatic carbocycles. The van der Waals surface area contributed by atoms with Crippen molar-refractivity contribution in [3.8, 4) is 0 Å². The van der Waals surface area contributed by atoms with Crippen molar-refractivity contribution < 1.29 is 29.1 Å². The van der Waals surface area contributed by atoms with Crippen molar-refractivity contribution >= 4 is 24.1 Å². The van der Waals surface area contributed by atoms with Gasteiger partial charge in [-0.2, -0.15) is 0 Å². The van der Waals surface area contributed by atoms with Crippen molar-refractivity contribution in [1.82, 2.24) is 5.32 Å². The summed E-state index contributed by atoms with van der Waals surface area (Å²) < 4.78 is 9.96.